The Balaban J connectivity index is 1.36. The summed E-state index contributed by atoms with van der Waals surface area (Å²) in [7, 11) is 0. The van der Waals surface area contributed by atoms with Crippen LogP contribution in [0.1, 0.15) is 28.6 Å². The van der Waals surface area contributed by atoms with Crippen LogP contribution < -0.4 is 9.21 Å². The SMILES string of the molecule is CCOC(=O)c1oc2ccc(SN(CCc3ccccc3)c3ccc(N4CCN([S+](C)[O-])CC4)cc3)cc2c1C. The predicted octanol–water partition coefficient (Wildman–Crippen LogP) is 6.09. The number of carbonyl (C=O) groups is 1. The summed E-state index contributed by atoms with van der Waals surface area (Å²) in [6, 6.07) is 25.3. The first-order valence-corrected chi connectivity index (χ1v) is 15.8. The number of piperazine rings is 1. The summed E-state index contributed by atoms with van der Waals surface area (Å²) < 4.78 is 27.1. The normalized spacial score (nSPS) is 14.8. The molecule has 1 atom stereocenters. The van der Waals surface area contributed by atoms with Gasteiger partial charge in [-0.1, -0.05) is 30.3 Å². The van der Waals surface area contributed by atoms with E-state index in [1.807, 2.05) is 29.4 Å². The van der Waals surface area contributed by atoms with Crippen molar-refractivity contribution in [2.24, 2.45) is 0 Å². The number of aryl methyl sites for hydroxylation is 1. The van der Waals surface area contributed by atoms with E-state index in [0.717, 1.165) is 60.7 Å². The van der Waals surface area contributed by atoms with Crippen molar-refractivity contribution in [1.82, 2.24) is 4.31 Å². The number of benzene rings is 3. The molecule has 5 rings (SSSR count). The Morgan fingerprint density at radius 2 is 1.77 bits per heavy atom. The first-order chi connectivity index (χ1) is 19.4. The highest BCUT2D eigenvalue weighted by molar-refractivity contribution is 8.00. The molecule has 0 spiro atoms. The van der Waals surface area contributed by atoms with Gasteiger partial charge in [0.1, 0.15) is 11.8 Å². The molecule has 2 heterocycles. The maximum absolute atomic E-state index is 12.3. The van der Waals surface area contributed by atoms with Gasteiger partial charge in [-0.25, -0.2) is 4.79 Å². The van der Waals surface area contributed by atoms with Gasteiger partial charge in [0, 0.05) is 58.2 Å². The number of anilines is 2. The van der Waals surface area contributed by atoms with E-state index in [4.69, 9.17) is 9.15 Å². The average molecular weight is 578 g/mol. The van der Waals surface area contributed by atoms with Gasteiger partial charge < -0.3 is 22.9 Å². The van der Waals surface area contributed by atoms with Gasteiger partial charge in [0.15, 0.2) is 0 Å². The number of nitrogens with zero attached hydrogens (tertiary/aromatic N) is 3. The molecule has 3 aromatic carbocycles. The van der Waals surface area contributed by atoms with Crippen LogP contribution in [0.25, 0.3) is 11.0 Å². The highest BCUT2D eigenvalue weighted by Crippen LogP contribution is 2.35. The summed E-state index contributed by atoms with van der Waals surface area (Å²) in [5, 5.41) is 0.915. The summed E-state index contributed by atoms with van der Waals surface area (Å²) in [5.74, 6) is -0.166. The summed E-state index contributed by atoms with van der Waals surface area (Å²) in [5.41, 5.74) is 5.06. The largest absolute Gasteiger partial charge is 0.598 e. The molecule has 1 fully saturated rings. The maximum Gasteiger partial charge on any atom is 0.374 e. The zero-order chi connectivity index (χ0) is 28.1. The third kappa shape index (κ3) is 6.61. The summed E-state index contributed by atoms with van der Waals surface area (Å²) in [6.07, 6.45) is 2.66. The smallest absolute Gasteiger partial charge is 0.374 e. The van der Waals surface area contributed by atoms with Gasteiger partial charge in [-0.3, -0.25) is 0 Å². The van der Waals surface area contributed by atoms with Gasteiger partial charge >= 0.3 is 5.97 Å². The Bertz CT molecular complexity index is 1420. The van der Waals surface area contributed by atoms with Crippen molar-refractivity contribution < 1.29 is 18.5 Å². The van der Waals surface area contributed by atoms with Crippen LogP contribution in [0.4, 0.5) is 11.4 Å². The number of hydrogen-bond acceptors (Lipinski definition) is 8. The molecule has 1 saturated heterocycles. The van der Waals surface area contributed by atoms with E-state index in [0.29, 0.717) is 12.2 Å². The van der Waals surface area contributed by atoms with Crippen molar-refractivity contribution >= 4 is 51.6 Å². The molecule has 7 nitrogen and oxygen atoms in total. The number of fused-ring (bicyclic) bond motifs is 1. The summed E-state index contributed by atoms with van der Waals surface area (Å²) >= 11 is 0.763. The molecule has 0 saturated carbocycles. The van der Waals surface area contributed by atoms with Crippen molar-refractivity contribution in [3.63, 3.8) is 0 Å². The molecule has 0 amide bonds. The number of ether oxygens (including phenoxy) is 1. The van der Waals surface area contributed by atoms with Gasteiger partial charge in [-0.2, -0.15) is 0 Å². The molecule has 0 bridgehead atoms. The molecule has 1 aromatic heterocycles. The fraction of sp³-hybridized carbons (Fsp3) is 0.323. The second-order valence-electron chi connectivity index (χ2n) is 9.72. The lowest BCUT2D eigenvalue weighted by molar-refractivity contribution is 0.0491. The van der Waals surface area contributed by atoms with Crippen molar-refractivity contribution in [2.45, 2.75) is 25.2 Å². The Labute approximate surface area is 243 Å². The maximum atomic E-state index is 12.3. The molecule has 0 radical (unpaired) electrons. The van der Waals surface area contributed by atoms with Gasteiger partial charge in [-0.15, -0.1) is 4.31 Å². The first-order valence-electron chi connectivity index (χ1n) is 13.6. The lowest BCUT2D eigenvalue weighted by Gasteiger charge is -2.35. The second kappa shape index (κ2) is 13.0. The van der Waals surface area contributed by atoms with E-state index >= 15 is 0 Å². The molecule has 1 unspecified atom stereocenters. The fourth-order valence-electron chi connectivity index (χ4n) is 4.91. The number of hydrogen-bond donors (Lipinski definition) is 0. The Kier molecular flexibility index (Phi) is 9.26. The molecule has 0 aliphatic carbocycles. The number of esters is 1. The van der Waals surface area contributed by atoms with Crippen LogP contribution in [0.15, 0.2) is 82.1 Å². The standard InChI is InChI=1S/C31H35N3O4S2/c1-4-37-31(35)30-23(2)28-22-27(14-15-29(28)38-30)39-34(17-16-24-8-6-5-7-9-24)26-12-10-25(11-13-26)32-18-20-33(21-19-32)40(3)36/h5-15,22H,4,16-21H2,1-3H3. The van der Waals surface area contributed by atoms with E-state index in [1.54, 1.807) is 25.1 Å². The molecule has 40 heavy (non-hydrogen) atoms. The molecule has 9 heteroatoms. The lowest BCUT2D eigenvalue weighted by atomic mass is 10.1. The summed E-state index contributed by atoms with van der Waals surface area (Å²) in [6.45, 7) is 8.15. The van der Waals surface area contributed by atoms with E-state index in [1.165, 1.54) is 11.3 Å². The van der Waals surface area contributed by atoms with Crippen LogP contribution in [-0.2, 0) is 22.5 Å². The van der Waals surface area contributed by atoms with E-state index in [9.17, 15) is 9.35 Å². The van der Waals surface area contributed by atoms with E-state index < -0.39 is 17.3 Å². The molecular weight excluding hydrogens is 542 g/mol. The molecule has 1 aliphatic heterocycles. The Morgan fingerprint density at radius 3 is 2.45 bits per heavy atom. The minimum absolute atomic E-state index is 0.265. The quantitative estimate of drug-likeness (QED) is 0.127. The van der Waals surface area contributed by atoms with Crippen LogP contribution in [-0.4, -0.2) is 60.4 Å². The minimum atomic E-state index is -0.915. The number of carbonyl (C=O) groups excluding carboxylic acids is 1. The van der Waals surface area contributed by atoms with Gasteiger partial charge in [0.2, 0.25) is 5.76 Å². The van der Waals surface area contributed by atoms with E-state index in [-0.39, 0.29) is 5.76 Å². The van der Waals surface area contributed by atoms with Crippen molar-refractivity contribution in [3.05, 3.63) is 89.7 Å². The number of rotatable bonds is 10. The van der Waals surface area contributed by atoms with Gasteiger partial charge in [0.05, 0.1) is 19.7 Å². The van der Waals surface area contributed by atoms with Crippen molar-refractivity contribution in [2.75, 3.05) is 54.8 Å². The summed E-state index contributed by atoms with van der Waals surface area (Å²) in [4.78, 5) is 15.8. The van der Waals surface area contributed by atoms with Crippen LogP contribution in [0.5, 0.6) is 0 Å². The topological polar surface area (TPSA) is 72.2 Å². The molecule has 210 valence electrons. The second-order valence-corrected chi connectivity index (χ2v) is 12.2. The van der Waals surface area contributed by atoms with Crippen molar-refractivity contribution in [1.29, 1.82) is 0 Å². The van der Waals surface area contributed by atoms with E-state index in [2.05, 4.69) is 63.8 Å². The highest BCUT2D eigenvalue weighted by Gasteiger charge is 2.23. The highest BCUT2D eigenvalue weighted by atomic mass is 32.2. The third-order valence-electron chi connectivity index (χ3n) is 7.14. The zero-order valence-electron chi connectivity index (χ0n) is 23.2. The van der Waals surface area contributed by atoms with Gasteiger partial charge in [-0.05, 0) is 80.2 Å². The first kappa shape index (κ1) is 28.4. The predicted molar refractivity (Wildman–Crippen MR) is 165 cm³/mol. The monoisotopic (exact) mass is 577 g/mol. The zero-order valence-corrected chi connectivity index (χ0v) is 24.8. The fourth-order valence-corrected chi connectivity index (χ4v) is 6.55. The third-order valence-corrected chi connectivity index (χ3v) is 9.31. The van der Waals surface area contributed by atoms with Crippen LogP contribution in [0.3, 0.4) is 0 Å². The van der Waals surface area contributed by atoms with Crippen LogP contribution in [0.2, 0.25) is 0 Å². The lowest BCUT2D eigenvalue weighted by Crippen LogP contribution is -2.48. The Morgan fingerprint density at radius 1 is 1.05 bits per heavy atom. The molecule has 1 aliphatic rings. The number of furan rings is 1. The molecule has 4 aromatic rings. The minimum Gasteiger partial charge on any atom is -0.598 e. The average Bonchev–Trinajstić information content (AvgIpc) is 3.31. The van der Waals surface area contributed by atoms with Gasteiger partial charge in [0.25, 0.3) is 0 Å². The Hall–Kier alpha value is -3.11. The van der Waals surface area contributed by atoms with Crippen molar-refractivity contribution in [3.8, 4) is 0 Å². The molecular formula is C31H35N3O4S2. The van der Waals surface area contributed by atoms with Crippen LogP contribution >= 0.6 is 11.9 Å². The van der Waals surface area contributed by atoms with Crippen LogP contribution in [0, 0.1) is 6.92 Å². The molecule has 0 N–H and O–H groups in total.